The normalized spacial score (nSPS) is 12.2. The van der Waals surface area contributed by atoms with Crippen LogP contribution in [0.15, 0.2) is 36.7 Å². The number of benzene rings is 1. The van der Waals surface area contributed by atoms with Crippen molar-refractivity contribution < 1.29 is 18.2 Å². The molecule has 1 aromatic carbocycles. The average molecular weight is 315 g/mol. The van der Waals surface area contributed by atoms with Gasteiger partial charge in [0, 0.05) is 33.6 Å². The molecule has 4 nitrogen and oxygen atoms in total. The molecule has 0 amide bonds. The number of pyridine rings is 1. The molecule has 0 saturated heterocycles. The Balaban J connectivity index is 0. The molecule has 2 rings (SSSR count). The minimum Gasteiger partial charge on any atom is -0.619 e. The van der Waals surface area contributed by atoms with Crippen LogP contribution in [0.2, 0.25) is 5.02 Å². The Labute approximate surface area is 131 Å². The van der Waals surface area contributed by atoms with Crippen molar-refractivity contribution in [2.45, 2.75) is 19.4 Å². The maximum atomic E-state index is 14.5. The van der Waals surface area contributed by atoms with Gasteiger partial charge in [-0.3, -0.25) is 4.79 Å². The largest absolute Gasteiger partial charge is 0.619 e. The molecule has 0 aliphatic rings. The summed E-state index contributed by atoms with van der Waals surface area (Å²) in [6.45, 7) is 1.82. The lowest BCUT2D eigenvalue weighted by Crippen LogP contribution is -2.24. The Kier molecular flexibility index (Phi) is 4.55. The van der Waals surface area contributed by atoms with E-state index in [2.05, 4.69) is 0 Å². The lowest BCUT2D eigenvalue weighted by Gasteiger charge is -2.14. The monoisotopic (exact) mass is 314 g/mol. The zero-order valence-electron chi connectivity index (χ0n) is 11.3. The molecule has 6 heteroatoms. The van der Waals surface area contributed by atoms with E-state index in [0.29, 0.717) is 11.2 Å². The highest BCUT2D eigenvalue weighted by molar-refractivity contribution is 6.35. The average Bonchev–Trinajstić information content (AvgIpc) is 2.47. The number of nitrogens with two attached hydrogens (primary N) is 1. The Morgan fingerprint density at radius 3 is 2.62 bits per heavy atom. The minimum atomic E-state index is -0.708. The van der Waals surface area contributed by atoms with Crippen molar-refractivity contribution in [1.29, 1.82) is 0 Å². The van der Waals surface area contributed by atoms with Gasteiger partial charge in [0.1, 0.15) is 5.82 Å². The fraction of sp³-hybridized carbons (Fsp3) is 0.200. The number of carbonyl (C=O) groups excluding carboxylic acids is 1. The molecule has 1 atom stereocenters. The first kappa shape index (κ1) is 15.4. The lowest BCUT2D eigenvalue weighted by molar-refractivity contribution is -0.605. The van der Waals surface area contributed by atoms with Gasteiger partial charge in [-0.25, -0.2) is 4.39 Å². The SMILES string of the molecule is CC[C@@H](N)c1ccc(Cl)c(C(=O)c2cc[n+]([O-])cc2)c1F.[HH].[HH].[HH]. The summed E-state index contributed by atoms with van der Waals surface area (Å²) in [6, 6.07) is 5.07. The highest BCUT2D eigenvalue weighted by atomic mass is 35.5. The number of carbonyl (C=O) groups is 1. The summed E-state index contributed by atoms with van der Waals surface area (Å²) in [4.78, 5) is 12.4. The predicted molar refractivity (Wildman–Crippen MR) is 83.8 cm³/mol. The molecule has 1 heterocycles. The molecular formula is C15H20ClFN2O2. The van der Waals surface area contributed by atoms with E-state index in [1.165, 1.54) is 36.7 Å². The minimum absolute atomic E-state index is 0. The summed E-state index contributed by atoms with van der Waals surface area (Å²) >= 11 is 5.96. The van der Waals surface area contributed by atoms with Gasteiger partial charge in [0.05, 0.1) is 10.6 Å². The number of halogens is 2. The predicted octanol–water partition coefficient (Wildman–Crippen LogP) is 3.49. The summed E-state index contributed by atoms with van der Waals surface area (Å²) < 4.78 is 15.1. The summed E-state index contributed by atoms with van der Waals surface area (Å²) in [7, 11) is 0. The number of ketones is 1. The second-order valence-electron chi connectivity index (χ2n) is 4.62. The van der Waals surface area contributed by atoms with Gasteiger partial charge in [-0.1, -0.05) is 24.6 Å². The molecule has 0 unspecified atom stereocenters. The van der Waals surface area contributed by atoms with Crippen molar-refractivity contribution in [3.05, 3.63) is 69.4 Å². The van der Waals surface area contributed by atoms with Crippen LogP contribution in [0.4, 0.5) is 4.39 Å². The Bertz CT molecular complexity index is 687. The molecule has 0 spiro atoms. The number of nitrogens with zero attached hydrogens (tertiary/aromatic N) is 1. The van der Waals surface area contributed by atoms with Gasteiger partial charge in [-0.15, -0.1) is 0 Å². The highest BCUT2D eigenvalue weighted by Gasteiger charge is 2.23. The standard InChI is InChI=1S/C15H14ClFN2O2.3H2/c1-2-12(18)10-3-4-11(16)13(14(10)17)15(20)9-5-7-19(21)8-6-9;;;/h3-8,12H,2,18H2,1H3;3*1H/t12-;;;/m1.../s1. The van der Waals surface area contributed by atoms with Gasteiger partial charge in [-0.05, 0) is 12.5 Å². The van der Waals surface area contributed by atoms with E-state index in [0.717, 1.165) is 0 Å². The smallest absolute Gasteiger partial charge is 0.197 e. The van der Waals surface area contributed by atoms with E-state index in [4.69, 9.17) is 17.3 Å². The van der Waals surface area contributed by atoms with Crippen LogP contribution < -0.4 is 10.5 Å². The maximum Gasteiger partial charge on any atom is 0.197 e. The fourth-order valence-corrected chi connectivity index (χ4v) is 2.22. The van der Waals surface area contributed by atoms with Gasteiger partial charge >= 0.3 is 0 Å². The molecule has 21 heavy (non-hydrogen) atoms. The number of rotatable bonds is 4. The molecule has 116 valence electrons. The van der Waals surface area contributed by atoms with E-state index < -0.39 is 17.6 Å². The van der Waals surface area contributed by atoms with Crippen molar-refractivity contribution in [3.63, 3.8) is 0 Å². The second-order valence-corrected chi connectivity index (χ2v) is 5.02. The molecule has 0 fully saturated rings. The molecule has 1 aromatic heterocycles. The van der Waals surface area contributed by atoms with Crippen LogP contribution in [0.3, 0.4) is 0 Å². The Morgan fingerprint density at radius 2 is 2.05 bits per heavy atom. The number of aromatic nitrogens is 1. The number of hydrogen-bond donors (Lipinski definition) is 1. The van der Waals surface area contributed by atoms with E-state index >= 15 is 0 Å². The maximum absolute atomic E-state index is 14.5. The molecule has 0 aliphatic carbocycles. The third-order valence-corrected chi connectivity index (χ3v) is 3.57. The van der Waals surface area contributed by atoms with Gasteiger partial charge in [-0.2, -0.15) is 4.73 Å². The summed E-state index contributed by atoms with van der Waals surface area (Å²) in [5.41, 5.74) is 6.05. The van der Waals surface area contributed by atoms with E-state index in [1.807, 2.05) is 6.92 Å². The highest BCUT2D eigenvalue weighted by Crippen LogP contribution is 2.28. The molecule has 0 radical (unpaired) electrons. The molecule has 2 N–H and O–H groups in total. The van der Waals surface area contributed by atoms with Crippen LogP contribution in [-0.4, -0.2) is 5.78 Å². The van der Waals surface area contributed by atoms with Gasteiger partial charge < -0.3 is 10.9 Å². The molecule has 2 aromatic rings. The van der Waals surface area contributed by atoms with E-state index in [1.54, 1.807) is 0 Å². The van der Waals surface area contributed by atoms with Crippen molar-refractivity contribution in [2.24, 2.45) is 5.73 Å². The Hall–Kier alpha value is -1.98. The summed E-state index contributed by atoms with van der Waals surface area (Å²) in [5, 5.41) is 11.0. The lowest BCUT2D eigenvalue weighted by atomic mass is 9.97. The van der Waals surface area contributed by atoms with Crippen molar-refractivity contribution in [1.82, 2.24) is 0 Å². The fourth-order valence-electron chi connectivity index (χ4n) is 1.99. The van der Waals surface area contributed by atoms with Crippen LogP contribution in [0.25, 0.3) is 0 Å². The van der Waals surface area contributed by atoms with Crippen LogP contribution in [0.1, 0.15) is 45.2 Å². The molecule has 0 saturated carbocycles. The van der Waals surface area contributed by atoms with Crippen LogP contribution >= 0.6 is 11.6 Å². The topological polar surface area (TPSA) is 70.0 Å². The summed E-state index contributed by atoms with van der Waals surface area (Å²) in [5.74, 6) is -1.29. The third-order valence-electron chi connectivity index (χ3n) is 3.25. The molecule has 0 aliphatic heterocycles. The summed E-state index contributed by atoms with van der Waals surface area (Å²) in [6.07, 6.45) is 2.87. The first-order valence-corrected chi connectivity index (χ1v) is 6.80. The third kappa shape index (κ3) is 3.04. The first-order chi connectivity index (χ1) is 9.95. The van der Waals surface area contributed by atoms with Crippen LogP contribution in [0, 0.1) is 11.0 Å². The quantitative estimate of drug-likeness (QED) is 0.533. The van der Waals surface area contributed by atoms with E-state index in [-0.39, 0.29) is 26.0 Å². The second kappa shape index (κ2) is 6.20. The Morgan fingerprint density at radius 1 is 1.43 bits per heavy atom. The first-order valence-electron chi connectivity index (χ1n) is 6.42. The van der Waals surface area contributed by atoms with Crippen molar-refractivity contribution >= 4 is 17.4 Å². The zero-order chi connectivity index (χ0) is 15.6. The zero-order valence-corrected chi connectivity index (χ0v) is 12.1. The van der Waals surface area contributed by atoms with Gasteiger partial charge in [0.15, 0.2) is 18.2 Å². The molecular weight excluding hydrogens is 295 g/mol. The van der Waals surface area contributed by atoms with Crippen LogP contribution in [-0.2, 0) is 0 Å². The van der Waals surface area contributed by atoms with Crippen LogP contribution in [0.5, 0.6) is 0 Å². The molecule has 0 bridgehead atoms. The number of hydrogen-bond acceptors (Lipinski definition) is 3. The van der Waals surface area contributed by atoms with Gasteiger partial charge in [0.2, 0.25) is 0 Å². The van der Waals surface area contributed by atoms with Crippen molar-refractivity contribution in [2.75, 3.05) is 0 Å². The van der Waals surface area contributed by atoms with Gasteiger partial charge in [0.25, 0.3) is 0 Å². The van der Waals surface area contributed by atoms with E-state index in [9.17, 15) is 14.4 Å². The van der Waals surface area contributed by atoms with Crippen molar-refractivity contribution in [3.8, 4) is 0 Å².